The van der Waals surface area contributed by atoms with Crippen LogP contribution in [0.4, 0.5) is 5.82 Å². The molecule has 2 saturated heterocycles. The fourth-order valence-electron chi connectivity index (χ4n) is 3.52. The van der Waals surface area contributed by atoms with E-state index in [1.165, 1.54) is 0 Å². The Labute approximate surface area is 147 Å². The molecular weight excluding hydrogens is 322 g/mol. The minimum Gasteiger partial charge on any atom is -0.478 e. The van der Waals surface area contributed by atoms with Crippen LogP contribution in [0.3, 0.4) is 0 Å². The molecule has 1 aromatic rings. The summed E-state index contributed by atoms with van der Waals surface area (Å²) in [6.45, 7) is 4.42. The first kappa shape index (κ1) is 17.4. The summed E-state index contributed by atoms with van der Waals surface area (Å²) < 4.78 is 5.26. The topological polar surface area (TPSA) is 87.7 Å². The van der Waals surface area contributed by atoms with Gasteiger partial charge in [-0.25, -0.2) is 9.97 Å². The molecule has 1 N–H and O–H groups in total. The van der Waals surface area contributed by atoms with E-state index in [0.717, 1.165) is 31.6 Å². The van der Waals surface area contributed by atoms with Gasteiger partial charge in [0.25, 0.3) is 5.88 Å². The van der Waals surface area contributed by atoms with E-state index in [1.807, 2.05) is 0 Å². The Morgan fingerprint density at radius 1 is 1.16 bits per heavy atom. The zero-order chi connectivity index (χ0) is 17.8. The smallest absolute Gasteiger partial charge is 0.257 e. The summed E-state index contributed by atoms with van der Waals surface area (Å²) in [6, 6.07) is 0.102. The molecule has 8 nitrogen and oxygen atoms in total. The van der Waals surface area contributed by atoms with Crippen LogP contribution in [0.2, 0.25) is 0 Å². The molecule has 2 aliphatic rings. The lowest BCUT2D eigenvalue weighted by Crippen LogP contribution is -2.45. The Kier molecular flexibility index (Phi) is 5.35. The Hall–Kier alpha value is -2.38. The molecule has 0 saturated carbocycles. The van der Waals surface area contributed by atoms with Gasteiger partial charge in [-0.15, -0.1) is 0 Å². The molecule has 0 radical (unpaired) electrons. The normalized spacial score (nSPS) is 21.3. The van der Waals surface area contributed by atoms with E-state index < -0.39 is 0 Å². The number of rotatable bonds is 4. The number of hydrogen-bond acceptors (Lipinski definition) is 6. The average molecular weight is 347 g/mol. The summed E-state index contributed by atoms with van der Waals surface area (Å²) in [6.07, 6.45) is 5.59. The third kappa shape index (κ3) is 4.00. The van der Waals surface area contributed by atoms with E-state index >= 15 is 0 Å². The first-order chi connectivity index (χ1) is 12.1. The van der Waals surface area contributed by atoms with Crippen molar-refractivity contribution in [3.8, 4) is 5.88 Å². The maximum Gasteiger partial charge on any atom is 0.257 e. The van der Waals surface area contributed by atoms with Gasteiger partial charge in [-0.05, 0) is 19.3 Å². The summed E-state index contributed by atoms with van der Waals surface area (Å²) in [7, 11) is 1.58. The Morgan fingerprint density at radius 2 is 1.88 bits per heavy atom. The first-order valence-electron chi connectivity index (χ1n) is 8.74. The molecule has 0 bridgehead atoms. The Morgan fingerprint density at radius 3 is 2.56 bits per heavy atom. The van der Waals surface area contributed by atoms with Crippen molar-refractivity contribution in [2.24, 2.45) is 5.92 Å². The average Bonchev–Trinajstić information content (AvgIpc) is 3.10. The maximum atomic E-state index is 12.5. The van der Waals surface area contributed by atoms with Crippen molar-refractivity contribution in [2.45, 2.75) is 32.2 Å². The summed E-state index contributed by atoms with van der Waals surface area (Å²) in [5.74, 6) is 1.41. The first-order valence-corrected chi connectivity index (χ1v) is 8.74. The van der Waals surface area contributed by atoms with E-state index in [0.29, 0.717) is 25.5 Å². The number of hydrogen-bond donors (Lipinski definition) is 1. The van der Waals surface area contributed by atoms with Crippen LogP contribution in [-0.4, -0.2) is 66.0 Å². The number of methoxy groups -OCH3 is 1. The lowest BCUT2D eigenvalue weighted by Gasteiger charge is -2.31. The zero-order valence-electron chi connectivity index (χ0n) is 14.8. The van der Waals surface area contributed by atoms with Gasteiger partial charge in [-0.1, -0.05) is 0 Å². The van der Waals surface area contributed by atoms with Crippen LogP contribution in [0.15, 0.2) is 12.4 Å². The lowest BCUT2D eigenvalue weighted by molar-refractivity contribution is -0.134. The predicted octanol–water partition coefficient (Wildman–Crippen LogP) is 0.439. The van der Waals surface area contributed by atoms with Crippen LogP contribution < -0.4 is 15.0 Å². The number of nitrogens with zero attached hydrogens (tertiary/aromatic N) is 4. The minimum atomic E-state index is -0.00398. The van der Waals surface area contributed by atoms with Crippen molar-refractivity contribution in [3.05, 3.63) is 12.4 Å². The quantitative estimate of drug-likeness (QED) is 0.850. The van der Waals surface area contributed by atoms with Crippen molar-refractivity contribution in [1.82, 2.24) is 20.2 Å². The van der Waals surface area contributed by atoms with Crippen LogP contribution in [0.25, 0.3) is 0 Å². The van der Waals surface area contributed by atoms with E-state index in [2.05, 4.69) is 20.2 Å². The molecule has 0 unspecified atom stereocenters. The second kappa shape index (κ2) is 7.67. The molecule has 0 aliphatic carbocycles. The van der Waals surface area contributed by atoms with Gasteiger partial charge < -0.3 is 19.9 Å². The van der Waals surface area contributed by atoms with E-state index in [-0.39, 0.29) is 23.8 Å². The summed E-state index contributed by atoms with van der Waals surface area (Å²) in [4.78, 5) is 36.3. The number of aromatic nitrogens is 2. The third-order valence-corrected chi connectivity index (χ3v) is 4.99. The highest BCUT2D eigenvalue weighted by molar-refractivity contribution is 5.80. The predicted molar refractivity (Wildman–Crippen MR) is 92.3 cm³/mol. The molecule has 8 heteroatoms. The van der Waals surface area contributed by atoms with Crippen LogP contribution in [0.5, 0.6) is 5.88 Å². The zero-order valence-corrected chi connectivity index (χ0v) is 14.8. The Bertz CT molecular complexity index is 630. The molecule has 2 aliphatic heterocycles. The molecule has 1 atom stereocenters. The second-order valence-electron chi connectivity index (χ2n) is 6.61. The monoisotopic (exact) mass is 347 g/mol. The van der Waals surface area contributed by atoms with E-state index in [4.69, 9.17) is 4.74 Å². The number of piperidine rings is 1. The van der Waals surface area contributed by atoms with Gasteiger partial charge in [0.1, 0.15) is 0 Å². The highest BCUT2D eigenvalue weighted by atomic mass is 16.5. The van der Waals surface area contributed by atoms with Gasteiger partial charge in [0, 0.05) is 57.5 Å². The fraction of sp³-hybridized carbons (Fsp3) is 0.647. The number of ether oxygens (including phenoxy) is 1. The van der Waals surface area contributed by atoms with Gasteiger partial charge in [0.15, 0.2) is 5.82 Å². The molecule has 0 aromatic carbocycles. The van der Waals surface area contributed by atoms with Crippen molar-refractivity contribution >= 4 is 17.6 Å². The number of likely N-dealkylation sites (tertiary alicyclic amines) is 1. The number of carbonyl (C=O) groups is 2. The molecule has 3 heterocycles. The number of nitrogens with one attached hydrogen (secondary N) is 1. The van der Waals surface area contributed by atoms with E-state index in [9.17, 15) is 9.59 Å². The van der Waals surface area contributed by atoms with Gasteiger partial charge in [0.2, 0.25) is 11.8 Å². The van der Waals surface area contributed by atoms with Crippen molar-refractivity contribution in [2.75, 3.05) is 38.2 Å². The fourth-order valence-corrected chi connectivity index (χ4v) is 3.52. The molecule has 25 heavy (non-hydrogen) atoms. The number of carbonyl (C=O) groups excluding carboxylic acids is 2. The van der Waals surface area contributed by atoms with Crippen LogP contribution in [-0.2, 0) is 9.59 Å². The van der Waals surface area contributed by atoms with Crippen molar-refractivity contribution < 1.29 is 14.3 Å². The summed E-state index contributed by atoms with van der Waals surface area (Å²) >= 11 is 0. The number of amides is 2. The second-order valence-corrected chi connectivity index (χ2v) is 6.61. The highest BCUT2D eigenvalue weighted by Gasteiger charge is 2.31. The molecule has 3 rings (SSSR count). The van der Waals surface area contributed by atoms with Gasteiger partial charge in [0.05, 0.1) is 7.11 Å². The highest BCUT2D eigenvalue weighted by Crippen LogP contribution is 2.26. The maximum absolute atomic E-state index is 12.5. The van der Waals surface area contributed by atoms with Crippen LogP contribution in [0, 0.1) is 5.92 Å². The largest absolute Gasteiger partial charge is 0.478 e. The SMILES string of the molecule is COc1nccnc1N1CC[C@H](NC(=O)C2CCN(C(C)=O)CC2)C1. The minimum absolute atomic E-state index is 0.00398. The summed E-state index contributed by atoms with van der Waals surface area (Å²) in [5, 5.41) is 3.16. The molecule has 2 fully saturated rings. The van der Waals surface area contributed by atoms with Gasteiger partial charge >= 0.3 is 0 Å². The van der Waals surface area contributed by atoms with Crippen molar-refractivity contribution in [3.63, 3.8) is 0 Å². The van der Waals surface area contributed by atoms with E-state index in [1.54, 1.807) is 31.3 Å². The number of anilines is 1. The van der Waals surface area contributed by atoms with Crippen LogP contribution in [0.1, 0.15) is 26.2 Å². The molecule has 2 amide bonds. The third-order valence-electron chi connectivity index (χ3n) is 4.99. The summed E-state index contributed by atoms with van der Waals surface area (Å²) in [5.41, 5.74) is 0. The molecule has 136 valence electrons. The lowest BCUT2D eigenvalue weighted by atomic mass is 9.95. The molecule has 1 aromatic heterocycles. The van der Waals surface area contributed by atoms with Crippen LogP contribution >= 0.6 is 0 Å². The van der Waals surface area contributed by atoms with Gasteiger partial charge in [-0.2, -0.15) is 0 Å². The molecule has 0 spiro atoms. The molecular formula is C17H25N5O3. The standard InChI is InChI=1S/C17H25N5O3/c1-12(23)21-8-3-13(4-9-21)16(24)20-14-5-10-22(11-14)15-17(25-2)19-7-6-18-15/h6-7,13-14H,3-5,8-11H2,1-2H3,(H,20,24)/t14-/m0/s1. The van der Waals surface area contributed by atoms with Crippen molar-refractivity contribution in [1.29, 1.82) is 0 Å². The Balaban J connectivity index is 1.51. The van der Waals surface area contributed by atoms with Gasteiger partial charge in [-0.3, -0.25) is 9.59 Å².